The highest BCUT2D eigenvalue weighted by molar-refractivity contribution is 6.38. The first kappa shape index (κ1) is 13.9. The van der Waals surface area contributed by atoms with Gasteiger partial charge in [0, 0.05) is 18.1 Å². The molecule has 0 radical (unpaired) electrons. The summed E-state index contributed by atoms with van der Waals surface area (Å²) in [5.41, 5.74) is 1.50. The van der Waals surface area contributed by atoms with Gasteiger partial charge in [-0.2, -0.15) is 0 Å². The molecular weight excluding hydrogens is 317 g/mol. The van der Waals surface area contributed by atoms with Crippen LogP contribution in [-0.2, 0) is 0 Å². The lowest BCUT2D eigenvalue weighted by Gasteiger charge is -2.16. The van der Waals surface area contributed by atoms with Gasteiger partial charge in [-0.1, -0.05) is 46.9 Å². The van der Waals surface area contributed by atoms with E-state index in [0.29, 0.717) is 26.8 Å². The topological polar surface area (TPSA) is 29.0 Å². The molecule has 2 aromatic rings. The highest BCUT2D eigenvalue weighted by atomic mass is 35.5. The molecule has 0 bridgehead atoms. The van der Waals surface area contributed by atoms with Crippen molar-refractivity contribution < 1.29 is 0 Å². The third kappa shape index (κ3) is 2.71. The maximum absolute atomic E-state index is 6.29. The third-order valence-corrected chi connectivity index (χ3v) is 4.13. The van der Waals surface area contributed by atoms with Crippen LogP contribution in [-0.4, -0.2) is 23.1 Å². The molecule has 3 rings (SSSR count). The van der Waals surface area contributed by atoms with Gasteiger partial charge in [-0.05, 0) is 30.5 Å². The Hall–Kier alpha value is -1.03. The van der Waals surface area contributed by atoms with E-state index >= 15 is 0 Å². The fourth-order valence-electron chi connectivity index (χ4n) is 2.31. The van der Waals surface area contributed by atoms with Gasteiger partial charge in [-0.3, -0.25) is 0 Å². The van der Waals surface area contributed by atoms with Gasteiger partial charge in [0.1, 0.15) is 10.3 Å². The summed E-state index contributed by atoms with van der Waals surface area (Å²) in [6.07, 6.45) is 2.30. The predicted molar refractivity (Wildman–Crippen MR) is 83.9 cm³/mol. The molecule has 1 fully saturated rings. The molecule has 3 nitrogen and oxygen atoms in total. The van der Waals surface area contributed by atoms with Gasteiger partial charge < -0.3 is 4.90 Å². The Morgan fingerprint density at radius 2 is 1.40 bits per heavy atom. The number of nitrogens with zero attached hydrogens (tertiary/aromatic N) is 3. The smallest absolute Gasteiger partial charge is 0.228 e. The molecule has 0 unspecified atom stereocenters. The summed E-state index contributed by atoms with van der Waals surface area (Å²) in [7, 11) is 0. The minimum atomic E-state index is 0.370. The lowest BCUT2D eigenvalue weighted by Crippen LogP contribution is -2.20. The summed E-state index contributed by atoms with van der Waals surface area (Å²) < 4.78 is 0. The zero-order valence-corrected chi connectivity index (χ0v) is 12.9. The van der Waals surface area contributed by atoms with Crippen LogP contribution in [0.4, 0.5) is 5.95 Å². The monoisotopic (exact) mass is 327 g/mol. The highest BCUT2D eigenvalue weighted by Crippen LogP contribution is 2.34. The van der Waals surface area contributed by atoms with Crippen LogP contribution in [0.5, 0.6) is 0 Å². The van der Waals surface area contributed by atoms with Crippen molar-refractivity contribution in [2.24, 2.45) is 0 Å². The number of hydrogen-bond donors (Lipinski definition) is 0. The molecule has 0 aliphatic carbocycles. The van der Waals surface area contributed by atoms with Crippen LogP contribution in [0.3, 0.4) is 0 Å². The molecule has 1 aromatic heterocycles. The standard InChI is InChI=1S/C14H12Cl3N3/c15-10-5-3-9(4-6-10)11-12(16)18-14(19-13(11)17)20-7-1-2-8-20/h3-6H,1-2,7-8H2. The quantitative estimate of drug-likeness (QED) is 0.748. The zero-order valence-electron chi connectivity index (χ0n) is 10.6. The molecular formula is C14H12Cl3N3. The summed E-state index contributed by atoms with van der Waals surface area (Å²) in [5.74, 6) is 0.607. The Labute approximate surface area is 132 Å². The molecule has 0 spiro atoms. The lowest BCUT2D eigenvalue weighted by atomic mass is 10.1. The van der Waals surface area contributed by atoms with Crippen LogP contribution in [0.2, 0.25) is 15.3 Å². The Morgan fingerprint density at radius 1 is 0.850 bits per heavy atom. The Balaban J connectivity index is 2.02. The normalized spacial score (nSPS) is 14.8. The molecule has 1 aliphatic heterocycles. The summed E-state index contributed by atoms with van der Waals surface area (Å²) in [6, 6.07) is 7.29. The molecule has 0 atom stereocenters. The number of benzene rings is 1. The molecule has 20 heavy (non-hydrogen) atoms. The summed E-state index contributed by atoms with van der Waals surface area (Å²) >= 11 is 18.5. The number of anilines is 1. The molecule has 6 heteroatoms. The van der Waals surface area contributed by atoms with Gasteiger partial charge in [-0.15, -0.1) is 0 Å². The first-order valence-corrected chi connectivity index (χ1v) is 7.52. The number of halogens is 3. The van der Waals surface area contributed by atoms with E-state index in [1.807, 2.05) is 12.1 Å². The molecule has 0 N–H and O–H groups in total. The van der Waals surface area contributed by atoms with Crippen LogP contribution in [0, 0.1) is 0 Å². The van der Waals surface area contributed by atoms with E-state index in [9.17, 15) is 0 Å². The van der Waals surface area contributed by atoms with Crippen molar-refractivity contribution in [2.45, 2.75) is 12.8 Å². The van der Waals surface area contributed by atoms with Crippen LogP contribution < -0.4 is 4.90 Å². The minimum absolute atomic E-state index is 0.370. The SMILES string of the molecule is Clc1ccc(-c2c(Cl)nc(N3CCCC3)nc2Cl)cc1. The van der Waals surface area contributed by atoms with Crippen molar-refractivity contribution >= 4 is 40.8 Å². The Kier molecular flexibility index (Phi) is 4.01. The van der Waals surface area contributed by atoms with Gasteiger partial charge in [0.25, 0.3) is 0 Å². The van der Waals surface area contributed by atoms with Crippen molar-refractivity contribution in [3.63, 3.8) is 0 Å². The van der Waals surface area contributed by atoms with E-state index in [-0.39, 0.29) is 0 Å². The van der Waals surface area contributed by atoms with E-state index in [2.05, 4.69) is 14.9 Å². The maximum Gasteiger partial charge on any atom is 0.228 e. The second kappa shape index (κ2) is 5.76. The molecule has 1 saturated heterocycles. The van der Waals surface area contributed by atoms with Crippen LogP contribution in [0.1, 0.15) is 12.8 Å². The van der Waals surface area contributed by atoms with Crippen molar-refractivity contribution in [2.75, 3.05) is 18.0 Å². The summed E-state index contributed by atoms with van der Waals surface area (Å²) in [6.45, 7) is 1.90. The van der Waals surface area contributed by atoms with Gasteiger partial charge in [-0.25, -0.2) is 9.97 Å². The second-order valence-corrected chi connectivity index (χ2v) is 5.83. The van der Waals surface area contributed by atoms with Crippen LogP contribution in [0.25, 0.3) is 11.1 Å². The fraction of sp³-hybridized carbons (Fsp3) is 0.286. The van der Waals surface area contributed by atoms with Gasteiger partial charge in [0.15, 0.2) is 0 Å². The van der Waals surface area contributed by atoms with Crippen molar-refractivity contribution in [1.82, 2.24) is 9.97 Å². The number of rotatable bonds is 2. The van der Waals surface area contributed by atoms with Gasteiger partial charge >= 0.3 is 0 Å². The second-order valence-electron chi connectivity index (χ2n) is 4.68. The van der Waals surface area contributed by atoms with Crippen molar-refractivity contribution in [3.05, 3.63) is 39.6 Å². The largest absolute Gasteiger partial charge is 0.341 e. The number of hydrogen-bond acceptors (Lipinski definition) is 3. The molecule has 2 heterocycles. The van der Waals surface area contributed by atoms with Gasteiger partial charge in [0.05, 0.1) is 5.56 Å². The first-order chi connectivity index (χ1) is 9.65. The summed E-state index contributed by atoms with van der Waals surface area (Å²) in [4.78, 5) is 10.9. The molecule has 104 valence electrons. The highest BCUT2D eigenvalue weighted by Gasteiger charge is 2.19. The maximum atomic E-state index is 6.29. The lowest BCUT2D eigenvalue weighted by molar-refractivity contribution is 0.899. The number of aromatic nitrogens is 2. The molecule has 1 aromatic carbocycles. The molecule has 1 aliphatic rings. The van der Waals surface area contributed by atoms with Crippen LogP contribution >= 0.6 is 34.8 Å². The van der Waals surface area contributed by atoms with E-state index in [1.54, 1.807) is 12.1 Å². The van der Waals surface area contributed by atoms with E-state index in [0.717, 1.165) is 31.5 Å². The Bertz CT molecular complexity index is 599. The average Bonchev–Trinajstić information content (AvgIpc) is 2.94. The zero-order chi connectivity index (χ0) is 14.1. The molecule has 0 saturated carbocycles. The average molecular weight is 329 g/mol. The predicted octanol–water partition coefficient (Wildman–Crippen LogP) is 4.70. The minimum Gasteiger partial charge on any atom is -0.341 e. The van der Waals surface area contributed by atoms with E-state index < -0.39 is 0 Å². The van der Waals surface area contributed by atoms with Crippen LogP contribution in [0.15, 0.2) is 24.3 Å². The van der Waals surface area contributed by atoms with E-state index in [4.69, 9.17) is 34.8 Å². The van der Waals surface area contributed by atoms with Crippen molar-refractivity contribution in [1.29, 1.82) is 0 Å². The Morgan fingerprint density at radius 3 is 1.95 bits per heavy atom. The summed E-state index contributed by atoms with van der Waals surface area (Å²) in [5, 5.41) is 1.40. The molecule has 0 amide bonds. The van der Waals surface area contributed by atoms with Crippen molar-refractivity contribution in [3.8, 4) is 11.1 Å². The first-order valence-electron chi connectivity index (χ1n) is 6.39. The third-order valence-electron chi connectivity index (χ3n) is 3.33. The fourth-order valence-corrected chi connectivity index (χ4v) is 3.03. The van der Waals surface area contributed by atoms with E-state index in [1.165, 1.54) is 0 Å². The van der Waals surface area contributed by atoms with Gasteiger partial charge in [0.2, 0.25) is 5.95 Å².